The van der Waals surface area contributed by atoms with Crippen LogP contribution in [0.3, 0.4) is 0 Å². The standard InChI is InChI=1S/C20H22N2O2/c1-14-10-11-19(24-14)15(2)22-20(23)21-13-12-17-8-5-7-16-6-3-4-9-18(16)17/h3-11,15H,12-13H2,1-2H3,(H2,21,22,23). The van der Waals surface area contributed by atoms with Gasteiger partial charge < -0.3 is 15.1 Å². The predicted molar refractivity (Wildman–Crippen MR) is 96.0 cm³/mol. The lowest BCUT2D eigenvalue weighted by atomic mass is 10.0. The molecule has 3 aromatic rings. The topological polar surface area (TPSA) is 54.3 Å². The zero-order valence-corrected chi connectivity index (χ0v) is 14.0. The highest BCUT2D eigenvalue weighted by Crippen LogP contribution is 2.18. The fourth-order valence-electron chi connectivity index (χ4n) is 2.83. The first-order valence-corrected chi connectivity index (χ1v) is 8.21. The van der Waals surface area contributed by atoms with Crippen LogP contribution >= 0.6 is 0 Å². The first-order chi connectivity index (χ1) is 11.6. The van der Waals surface area contributed by atoms with E-state index in [4.69, 9.17) is 4.42 Å². The lowest BCUT2D eigenvalue weighted by Crippen LogP contribution is -2.37. The molecule has 3 rings (SSSR count). The second-order valence-electron chi connectivity index (χ2n) is 5.96. The Morgan fingerprint density at radius 1 is 1.08 bits per heavy atom. The number of carbonyl (C=O) groups excluding carboxylic acids is 1. The summed E-state index contributed by atoms with van der Waals surface area (Å²) >= 11 is 0. The highest BCUT2D eigenvalue weighted by atomic mass is 16.3. The van der Waals surface area contributed by atoms with E-state index in [1.807, 2.05) is 38.1 Å². The van der Waals surface area contributed by atoms with Crippen molar-refractivity contribution in [1.29, 1.82) is 0 Å². The maximum absolute atomic E-state index is 12.0. The summed E-state index contributed by atoms with van der Waals surface area (Å²) in [6.07, 6.45) is 0.795. The fourth-order valence-corrected chi connectivity index (χ4v) is 2.83. The Morgan fingerprint density at radius 3 is 2.67 bits per heavy atom. The Hall–Kier alpha value is -2.75. The molecule has 0 saturated heterocycles. The van der Waals surface area contributed by atoms with Gasteiger partial charge in [0.25, 0.3) is 0 Å². The summed E-state index contributed by atoms with van der Waals surface area (Å²) in [5.41, 5.74) is 1.24. The van der Waals surface area contributed by atoms with E-state index in [0.29, 0.717) is 6.54 Å². The van der Waals surface area contributed by atoms with Gasteiger partial charge in [-0.05, 0) is 48.7 Å². The fraction of sp³-hybridized carbons (Fsp3) is 0.250. The molecule has 0 aliphatic rings. The molecule has 1 aromatic heterocycles. The minimum atomic E-state index is -0.184. The van der Waals surface area contributed by atoms with Crippen LogP contribution in [0, 0.1) is 6.92 Å². The summed E-state index contributed by atoms with van der Waals surface area (Å²) < 4.78 is 5.53. The number of hydrogen-bond acceptors (Lipinski definition) is 2. The van der Waals surface area contributed by atoms with Crippen molar-refractivity contribution in [2.75, 3.05) is 6.54 Å². The molecule has 0 bridgehead atoms. The number of rotatable bonds is 5. The van der Waals surface area contributed by atoms with Gasteiger partial charge in [0.1, 0.15) is 11.5 Å². The van der Waals surface area contributed by atoms with Gasteiger partial charge in [-0.15, -0.1) is 0 Å². The van der Waals surface area contributed by atoms with Gasteiger partial charge in [-0.3, -0.25) is 0 Å². The molecule has 2 amide bonds. The normalized spacial score (nSPS) is 12.1. The van der Waals surface area contributed by atoms with Crippen molar-refractivity contribution in [3.63, 3.8) is 0 Å². The van der Waals surface area contributed by atoms with Crippen LogP contribution in [0.1, 0.15) is 30.0 Å². The van der Waals surface area contributed by atoms with Gasteiger partial charge in [0.15, 0.2) is 0 Å². The average molecular weight is 322 g/mol. The van der Waals surface area contributed by atoms with E-state index < -0.39 is 0 Å². The molecule has 2 N–H and O–H groups in total. The SMILES string of the molecule is Cc1ccc(C(C)NC(=O)NCCc2cccc3ccccc23)o1. The number of amides is 2. The van der Waals surface area contributed by atoms with Gasteiger partial charge in [-0.1, -0.05) is 42.5 Å². The minimum absolute atomic E-state index is 0.156. The van der Waals surface area contributed by atoms with Gasteiger partial charge in [0.05, 0.1) is 6.04 Å². The number of benzene rings is 2. The molecule has 24 heavy (non-hydrogen) atoms. The Labute approximate surface area is 141 Å². The molecule has 4 nitrogen and oxygen atoms in total. The first kappa shape index (κ1) is 16.1. The third-order valence-electron chi connectivity index (χ3n) is 4.10. The molecule has 0 radical (unpaired) electrons. The molecule has 124 valence electrons. The van der Waals surface area contributed by atoms with Crippen molar-refractivity contribution in [2.24, 2.45) is 0 Å². The van der Waals surface area contributed by atoms with Gasteiger partial charge in [0, 0.05) is 6.54 Å². The number of nitrogens with one attached hydrogen (secondary N) is 2. The maximum Gasteiger partial charge on any atom is 0.315 e. The summed E-state index contributed by atoms with van der Waals surface area (Å²) in [6, 6.07) is 18.0. The Balaban J connectivity index is 1.53. The molecule has 2 aromatic carbocycles. The lowest BCUT2D eigenvalue weighted by Gasteiger charge is -2.13. The molecular weight excluding hydrogens is 300 g/mol. The molecule has 1 heterocycles. The zero-order valence-electron chi connectivity index (χ0n) is 14.0. The van der Waals surface area contributed by atoms with Gasteiger partial charge in [-0.2, -0.15) is 0 Å². The number of carbonyl (C=O) groups is 1. The monoisotopic (exact) mass is 322 g/mol. The Kier molecular flexibility index (Phi) is 4.85. The number of aryl methyl sites for hydroxylation is 1. The van der Waals surface area contributed by atoms with Crippen LogP contribution in [0.25, 0.3) is 10.8 Å². The largest absolute Gasteiger partial charge is 0.464 e. The number of urea groups is 1. The highest BCUT2D eigenvalue weighted by molar-refractivity contribution is 5.85. The molecule has 0 aliphatic carbocycles. The third kappa shape index (κ3) is 3.77. The van der Waals surface area contributed by atoms with E-state index in [1.165, 1.54) is 16.3 Å². The highest BCUT2D eigenvalue weighted by Gasteiger charge is 2.12. The van der Waals surface area contributed by atoms with E-state index in [1.54, 1.807) is 0 Å². The molecule has 0 fully saturated rings. The van der Waals surface area contributed by atoms with E-state index in [-0.39, 0.29) is 12.1 Å². The second-order valence-corrected chi connectivity index (χ2v) is 5.96. The van der Waals surface area contributed by atoms with Crippen LogP contribution in [0.15, 0.2) is 59.0 Å². The summed E-state index contributed by atoms with van der Waals surface area (Å²) in [6.45, 7) is 4.38. The predicted octanol–water partition coefficient (Wildman–Crippen LogP) is 4.34. The van der Waals surface area contributed by atoms with Crippen LogP contribution < -0.4 is 10.6 Å². The van der Waals surface area contributed by atoms with Crippen molar-refractivity contribution in [2.45, 2.75) is 26.3 Å². The lowest BCUT2D eigenvalue weighted by molar-refractivity contribution is 0.236. The van der Waals surface area contributed by atoms with Crippen molar-refractivity contribution < 1.29 is 9.21 Å². The van der Waals surface area contributed by atoms with E-state index in [0.717, 1.165) is 17.9 Å². The van der Waals surface area contributed by atoms with Gasteiger partial charge in [-0.25, -0.2) is 4.79 Å². The van der Waals surface area contributed by atoms with Crippen molar-refractivity contribution in [3.05, 3.63) is 71.7 Å². The molecule has 0 aliphatic heterocycles. The quantitative estimate of drug-likeness (QED) is 0.734. The first-order valence-electron chi connectivity index (χ1n) is 8.21. The van der Waals surface area contributed by atoms with Crippen molar-refractivity contribution in [3.8, 4) is 0 Å². The van der Waals surface area contributed by atoms with Gasteiger partial charge >= 0.3 is 6.03 Å². The summed E-state index contributed by atoms with van der Waals surface area (Å²) in [7, 11) is 0. The third-order valence-corrected chi connectivity index (χ3v) is 4.10. The van der Waals surface area contributed by atoms with Gasteiger partial charge in [0.2, 0.25) is 0 Å². The van der Waals surface area contributed by atoms with Crippen LogP contribution in [0.4, 0.5) is 4.79 Å². The average Bonchev–Trinajstić information content (AvgIpc) is 3.02. The summed E-state index contributed by atoms with van der Waals surface area (Å²) in [4.78, 5) is 12.0. The molecule has 0 saturated carbocycles. The van der Waals surface area contributed by atoms with Crippen LogP contribution in [0.2, 0.25) is 0 Å². The van der Waals surface area contributed by atoms with E-state index in [2.05, 4.69) is 41.0 Å². The van der Waals surface area contributed by atoms with Crippen LogP contribution in [-0.4, -0.2) is 12.6 Å². The number of hydrogen-bond donors (Lipinski definition) is 2. The minimum Gasteiger partial charge on any atom is -0.464 e. The maximum atomic E-state index is 12.0. The Bertz CT molecular complexity index is 833. The molecular formula is C20H22N2O2. The van der Waals surface area contributed by atoms with Crippen molar-refractivity contribution in [1.82, 2.24) is 10.6 Å². The van der Waals surface area contributed by atoms with Crippen LogP contribution in [0.5, 0.6) is 0 Å². The molecule has 1 unspecified atom stereocenters. The number of fused-ring (bicyclic) bond motifs is 1. The smallest absolute Gasteiger partial charge is 0.315 e. The summed E-state index contributed by atoms with van der Waals surface area (Å²) in [5, 5.41) is 8.26. The second kappa shape index (κ2) is 7.21. The molecule has 0 spiro atoms. The van der Waals surface area contributed by atoms with E-state index >= 15 is 0 Å². The summed E-state index contributed by atoms with van der Waals surface area (Å²) in [5.74, 6) is 1.60. The van der Waals surface area contributed by atoms with E-state index in [9.17, 15) is 4.79 Å². The molecule has 1 atom stereocenters. The zero-order chi connectivity index (χ0) is 16.9. The van der Waals surface area contributed by atoms with Crippen LogP contribution in [-0.2, 0) is 6.42 Å². The number of furan rings is 1. The molecule has 4 heteroatoms. The Morgan fingerprint density at radius 2 is 1.88 bits per heavy atom. The van der Waals surface area contributed by atoms with Crippen molar-refractivity contribution >= 4 is 16.8 Å².